The highest BCUT2D eigenvalue weighted by Gasteiger charge is 2.47. The number of hydrogen-bond acceptors (Lipinski definition) is 1. The number of benzene rings is 1. The van der Waals surface area contributed by atoms with Crippen LogP contribution in [0.5, 0.6) is 0 Å². The molecule has 0 saturated heterocycles. The summed E-state index contributed by atoms with van der Waals surface area (Å²) >= 11 is 0. The van der Waals surface area contributed by atoms with E-state index in [2.05, 4.69) is 5.32 Å². The van der Waals surface area contributed by atoms with E-state index in [1.54, 1.807) is 0 Å². The molecule has 0 aliphatic carbocycles. The van der Waals surface area contributed by atoms with E-state index in [1.165, 1.54) is 20.9 Å². The molecule has 0 radical (unpaired) electrons. The van der Waals surface area contributed by atoms with Gasteiger partial charge in [0.1, 0.15) is 0 Å². The zero-order valence-electron chi connectivity index (χ0n) is 12.7. The second kappa shape index (κ2) is 6.45. The van der Waals surface area contributed by atoms with Crippen molar-refractivity contribution in [2.24, 2.45) is 5.92 Å². The van der Waals surface area contributed by atoms with Crippen LogP contribution in [0.3, 0.4) is 0 Å². The molecular weight excluding hydrogens is 353 g/mol. The largest absolute Gasteiger partial charge is 0.417 e. The first kappa shape index (κ1) is 20.6. The first-order chi connectivity index (χ1) is 10.6. The molecule has 0 aliphatic heterocycles. The molecule has 0 aliphatic rings. The zero-order valence-corrected chi connectivity index (χ0v) is 12.7. The van der Waals surface area contributed by atoms with Crippen molar-refractivity contribution in [1.82, 2.24) is 5.32 Å². The van der Waals surface area contributed by atoms with E-state index in [1.807, 2.05) is 0 Å². The highest BCUT2D eigenvalue weighted by atomic mass is 19.4. The molecule has 0 aromatic heterocycles. The standard InChI is InChI=1S/C14H14F9N/c1-6(2)11(24-3)7-4-9(13(18,19)20)10(14(21,22)23)5-8(7)12(15,16)17/h4-6,11,24H,1-3H3. The summed E-state index contributed by atoms with van der Waals surface area (Å²) in [6.07, 6.45) is -16.3. The van der Waals surface area contributed by atoms with Gasteiger partial charge < -0.3 is 5.32 Å². The Labute approximate surface area is 131 Å². The topological polar surface area (TPSA) is 12.0 Å². The summed E-state index contributed by atoms with van der Waals surface area (Å²) in [7, 11) is 1.22. The van der Waals surface area contributed by atoms with Gasteiger partial charge in [0.2, 0.25) is 0 Å². The second-order valence-corrected chi connectivity index (χ2v) is 5.49. The molecule has 1 aromatic carbocycles. The summed E-state index contributed by atoms with van der Waals surface area (Å²) in [6, 6.07) is -1.73. The first-order valence-corrected chi connectivity index (χ1v) is 6.67. The van der Waals surface area contributed by atoms with Gasteiger partial charge in [0.15, 0.2) is 0 Å². The van der Waals surface area contributed by atoms with Crippen molar-refractivity contribution >= 4 is 0 Å². The molecule has 0 heterocycles. The number of nitrogens with one attached hydrogen (secondary N) is 1. The third-order valence-corrected chi connectivity index (χ3v) is 3.42. The van der Waals surface area contributed by atoms with Crippen LogP contribution in [-0.2, 0) is 18.5 Å². The van der Waals surface area contributed by atoms with Crippen LogP contribution in [0, 0.1) is 5.92 Å². The molecule has 0 saturated carbocycles. The number of alkyl halides is 9. The molecule has 0 spiro atoms. The van der Waals surface area contributed by atoms with Crippen LogP contribution in [0.25, 0.3) is 0 Å². The fraction of sp³-hybridized carbons (Fsp3) is 0.571. The molecule has 138 valence electrons. The summed E-state index contributed by atoms with van der Waals surface area (Å²) in [5.41, 5.74) is -7.11. The van der Waals surface area contributed by atoms with Crippen LogP contribution in [0.15, 0.2) is 12.1 Å². The summed E-state index contributed by atoms with van der Waals surface area (Å²) in [5, 5.41) is 2.42. The lowest BCUT2D eigenvalue weighted by Gasteiger charge is -2.27. The number of halogens is 9. The Balaban J connectivity index is 3.88. The molecule has 0 amide bonds. The fourth-order valence-corrected chi connectivity index (χ4v) is 2.44. The maximum absolute atomic E-state index is 13.1. The minimum Gasteiger partial charge on any atom is -0.313 e. The van der Waals surface area contributed by atoms with E-state index in [4.69, 9.17) is 0 Å². The van der Waals surface area contributed by atoms with Crippen LogP contribution in [0.2, 0.25) is 0 Å². The lowest BCUT2D eigenvalue weighted by Crippen LogP contribution is -2.27. The van der Waals surface area contributed by atoms with Crippen LogP contribution in [0.1, 0.15) is 42.1 Å². The summed E-state index contributed by atoms with van der Waals surface area (Å²) in [4.78, 5) is 0. The van der Waals surface area contributed by atoms with Crippen LogP contribution in [-0.4, -0.2) is 7.05 Å². The highest BCUT2D eigenvalue weighted by molar-refractivity contribution is 5.44. The molecular formula is C14H14F9N. The van der Waals surface area contributed by atoms with Crippen LogP contribution >= 0.6 is 0 Å². The van der Waals surface area contributed by atoms with E-state index < -0.39 is 58.8 Å². The van der Waals surface area contributed by atoms with Crippen molar-refractivity contribution in [2.45, 2.75) is 38.4 Å². The van der Waals surface area contributed by atoms with E-state index >= 15 is 0 Å². The minimum absolute atomic E-state index is 0.0627. The van der Waals surface area contributed by atoms with Gasteiger partial charge in [-0.25, -0.2) is 0 Å². The average Bonchev–Trinajstić information content (AvgIpc) is 2.34. The van der Waals surface area contributed by atoms with Gasteiger partial charge in [-0.15, -0.1) is 0 Å². The Kier molecular flexibility index (Phi) is 5.54. The van der Waals surface area contributed by atoms with Gasteiger partial charge in [0.05, 0.1) is 16.7 Å². The molecule has 1 N–H and O–H groups in total. The first-order valence-electron chi connectivity index (χ1n) is 6.67. The van der Waals surface area contributed by atoms with Gasteiger partial charge in [-0.1, -0.05) is 13.8 Å². The van der Waals surface area contributed by atoms with Crippen molar-refractivity contribution in [3.05, 3.63) is 34.4 Å². The number of hydrogen-bond donors (Lipinski definition) is 1. The molecule has 1 rings (SSSR count). The summed E-state index contributed by atoms with van der Waals surface area (Å²) in [5.74, 6) is -0.589. The lowest BCUT2D eigenvalue weighted by molar-refractivity contribution is -0.163. The molecule has 1 aromatic rings. The van der Waals surface area contributed by atoms with Gasteiger partial charge in [-0.3, -0.25) is 0 Å². The Morgan fingerprint density at radius 2 is 1.08 bits per heavy atom. The number of rotatable bonds is 3. The molecule has 10 heteroatoms. The smallest absolute Gasteiger partial charge is 0.313 e. The highest BCUT2D eigenvalue weighted by Crippen LogP contribution is 2.46. The third-order valence-electron chi connectivity index (χ3n) is 3.42. The van der Waals surface area contributed by atoms with Crippen molar-refractivity contribution in [1.29, 1.82) is 0 Å². The maximum Gasteiger partial charge on any atom is 0.417 e. The van der Waals surface area contributed by atoms with Gasteiger partial charge in [0, 0.05) is 6.04 Å². The summed E-state index contributed by atoms with van der Waals surface area (Å²) in [6.45, 7) is 2.87. The second-order valence-electron chi connectivity index (χ2n) is 5.49. The Morgan fingerprint density at radius 3 is 1.38 bits per heavy atom. The van der Waals surface area contributed by atoms with E-state index in [9.17, 15) is 39.5 Å². The van der Waals surface area contributed by atoms with E-state index in [0.717, 1.165) is 0 Å². The molecule has 1 atom stereocenters. The minimum atomic E-state index is -5.57. The predicted octanol–water partition coefficient (Wildman–Crippen LogP) is 5.66. The monoisotopic (exact) mass is 367 g/mol. The fourth-order valence-electron chi connectivity index (χ4n) is 2.44. The van der Waals surface area contributed by atoms with Crippen molar-refractivity contribution < 1.29 is 39.5 Å². The third kappa shape index (κ3) is 4.34. The Bertz CT molecular complexity index is 582. The van der Waals surface area contributed by atoms with Gasteiger partial charge in [0.25, 0.3) is 0 Å². The van der Waals surface area contributed by atoms with Gasteiger partial charge >= 0.3 is 18.5 Å². The quantitative estimate of drug-likeness (QED) is 0.680. The zero-order chi connectivity index (χ0) is 19.1. The van der Waals surface area contributed by atoms with Crippen molar-refractivity contribution in [2.75, 3.05) is 7.05 Å². The molecule has 24 heavy (non-hydrogen) atoms. The van der Waals surface area contributed by atoms with Crippen LogP contribution in [0.4, 0.5) is 39.5 Å². The Morgan fingerprint density at radius 1 is 0.708 bits per heavy atom. The normalized spacial score (nSPS) is 15.0. The Hall–Kier alpha value is -1.45. The summed E-state index contributed by atoms with van der Waals surface area (Å²) < 4.78 is 117. The van der Waals surface area contributed by atoms with E-state index in [0.29, 0.717) is 0 Å². The van der Waals surface area contributed by atoms with E-state index in [-0.39, 0.29) is 6.07 Å². The molecule has 1 nitrogen and oxygen atoms in total. The van der Waals surface area contributed by atoms with Crippen LogP contribution < -0.4 is 5.32 Å². The average molecular weight is 367 g/mol. The molecule has 1 unspecified atom stereocenters. The van der Waals surface area contributed by atoms with Crippen molar-refractivity contribution in [3.8, 4) is 0 Å². The SMILES string of the molecule is CNC(c1cc(C(F)(F)F)c(C(F)(F)F)cc1C(F)(F)F)C(C)C. The predicted molar refractivity (Wildman–Crippen MR) is 68.1 cm³/mol. The molecule has 0 bridgehead atoms. The maximum atomic E-state index is 13.1. The van der Waals surface area contributed by atoms with Gasteiger partial charge in [-0.2, -0.15) is 39.5 Å². The van der Waals surface area contributed by atoms with Gasteiger partial charge in [-0.05, 0) is 30.7 Å². The van der Waals surface area contributed by atoms with Crippen molar-refractivity contribution in [3.63, 3.8) is 0 Å². The lowest BCUT2D eigenvalue weighted by atomic mass is 9.88. The molecule has 0 fully saturated rings.